The standard InChI is InChI=1S/C12H14ClFN2O3S/c1-12(2,3)20(19)15-6-7-8(13)4-5-9(10(7)14)16-11(17)18/h4-6,16H,1-3H3,(H,17,18)/t20-/m0/s1. The van der Waals surface area contributed by atoms with Gasteiger partial charge in [-0.1, -0.05) is 16.0 Å². The molecule has 0 spiro atoms. The zero-order chi connectivity index (χ0) is 15.5. The van der Waals surface area contributed by atoms with E-state index < -0.39 is 28.0 Å². The quantitative estimate of drug-likeness (QED) is 0.660. The Kier molecular flexibility index (Phi) is 5.38. The van der Waals surface area contributed by atoms with E-state index in [2.05, 4.69) is 4.40 Å². The maximum Gasteiger partial charge on any atom is 0.409 e. The van der Waals surface area contributed by atoms with Crippen LogP contribution in [0.15, 0.2) is 16.5 Å². The van der Waals surface area contributed by atoms with Crippen molar-refractivity contribution in [3.63, 3.8) is 0 Å². The van der Waals surface area contributed by atoms with Crippen LogP contribution in [0.25, 0.3) is 0 Å². The van der Waals surface area contributed by atoms with Crippen LogP contribution in [0.5, 0.6) is 0 Å². The maximum absolute atomic E-state index is 14.0. The highest BCUT2D eigenvalue weighted by atomic mass is 35.5. The van der Waals surface area contributed by atoms with Crippen molar-refractivity contribution < 1.29 is 18.8 Å². The first-order chi connectivity index (χ1) is 9.12. The van der Waals surface area contributed by atoms with Crippen LogP contribution >= 0.6 is 11.6 Å². The maximum atomic E-state index is 14.0. The fraction of sp³-hybridized carbons (Fsp3) is 0.333. The SMILES string of the molecule is CC(C)(C)[S@+]([O-])N=Cc1c(Cl)ccc(NC(=O)O)c1F. The van der Waals surface area contributed by atoms with E-state index in [9.17, 15) is 13.7 Å². The van der Waals surface area contributed by atoms with Gasteiger partial charge >= 0.3 is 6.09 Å². The second-order valence-electron chi connectivity index (χ2n) is 4.85. The first kappa shape index (κ1) is 16.7. The van der Waals surface area contributed by atoms with Gasteiger partial charge in [0, 0.05) is 0 Å². The molecule has 110 valence electrons. The number of carboxylic acid groups (broad SMARTS) is 1. The highest BCUT2D eigenvalue weighted by molar-refractivity contribution is 7.91. The summed E-state index contributed by atoms with van der Waals surface area (Å²) in [6.07, 6.45) is -0.348. The summed E-state index contributed by atoms with van der Waals surface area (Å²) in [5, 5.41) is 10.5. The van der Waals surface area contributed by atoms with Crippen molar-refractivity contribution in [3.05, 3.63) is 28.5 Å². The van der Waals surface area contributed by atoms with Crippen molar-refractivity contribution >= 4 is 41.0 Å². The molecule has 1 amide bonds. The minimum atomic E-state index is -1.56. The van der Waals surface area contributed by atoms with E-state index in [1.807, 2.05) is 5.32 Å². The van der Waals surface area contributed by atoms with E-state index in [0.717, 1.165) is 6.21 Å². The molecule has 0 unspecified atom stereocenters. The van der Waals surface area contributed by atoms with E-state index in [0.29, 0.717) is 0 Å². The minimum absolute atomic E-state index is 0.0492. The van der Waals surface area contributed by atoms with Gasteiger partial charge < -0.3 is 9.66 Å². The van der Waals surface area contributed by atoms with Crippen molar-refractivity contribution in [2.75, 3.05) is 5.32 Å². The largest absolute Gasteiger partial charge is 0.591 e. The molecule has 0 fully saturated rings. The normalized spacial score (nSPS) is 13.5. The van der Waals surface area contributed by atoms with Crippen LogP contribution in [0, 0.1) is 5.82 Å². The molecule has 0 aromatic heterocycles. The van der Waals surface area contributed by atoms with Gasteiger partial charge in [0.25, 0.3) is 0 Å². The lowest BCUT2D eigenvalue weighted by atomic mass is 10.2. The lowest BCUT2D eigenvalue weighted by molar-refractivity contribution is 0.209. The monoisotopic (exact) mass is 320 g/mol. The van der Waals surface area contributed by atoms with Gasteiger partial charge in [-0.3, -0.25) is 5.32 Å². The smallest absolute Gasteiger partial charge is 0.409 e. The Morgan fingerprint density at radius 3 is 2.65 bits per heavy atom. The molecule has 0 saturated heterocycles. The minimum Gasteiger partial charge on any atom is -0.591 e. The van der Waals surface area contributed by atoms with Crippen molar-refractivity contribution in [1.82, 2.24) is 0 Å². The molecule has 1 aromatic carbocycles. The van der Waals surface area contributed by atoms with Gasteiger partial charge in [-0.05, 0) is 32.9 Å². The van der Waals surface area contributed by atoms with Gasteiger partial charge in [0.05, 0.1) is 22.5 Å². The van der Waals surface area contributed by atoms with Gasteiger partial charge in [0.1, 0.15) is 16.1 Å². The van der Waals surface area contributed by atoms with Crippen molar-refractivity contribution in [3.8, 4) is 0 Å². The van der Waals surface area contributed by atoms with Gasteiger partial charge in [-0.25, -0.2) is 9.18 Å². The number of rotatable bonds is 3. The van der Waals surface area contributed by atoms with Crippen molar-refractivity contribution in [2.24, 2.45) is 4.40 Å². The summed E-state index contributed by atoms with van der Waals surface area (Å²) in [6.45, 7) is 5.17. The van der Waals surface area contributed by atoms with Gasteiger partial charge in [0.2, 0.25) is 0 Å². The summed E-state index contributed by atoms with van der Waals surface area (Å²) in [4.78, 5) is 10.5. The Hall–Kier alpha value is -1.31. The second kappa shape index (κ2) is 6.43. The molecule has 1 atom stereocenters. The molecule has 0 aliphatic heterocycles. The van der Waals surface area contributed by atoms with Crippen LogP contribution in [0.4, 0.5) is 14.9 Å². The summed E-state index contributed by atoms with van der Waals surface area (Å²) >= 11 is 4.27. The Morgan fingerprint density at radius 1 is 1.55 bits per heavy atom. The predicted molar refractivity (Wildman–Crippen MR) is 78.5 cm³/mol. The summed E-state index contributed by atoms with van der Waals surface area (Å²) in [5.74, 6) is -0.866. The third-order valence-corrected chi connectivity index (χ3v) is 3.84. The molecule has 2 N–H and O–H groups in total. The molecule has 0 aliphatic carbocycles. The van der Waals surface area contributed by atoms with Crippen LogP contribution in [-0.4, -0.2) is 26.7 Å². The third-order valence-electron chi connectivity index (χ3n) is 2.17. The molecule has 5 nitrogen and oxygen atoms in total. The van der Waals surface area contributed by atoms with E-state index >= 15 is 0 Å². The van der Waals surface area contributed by atoms with Crippen LogP contribution < -0.4 is 5.32 Å². The number of benzene rings is 1. The number of hydrogen-bond donors (Lipinski definition) is 2. The molecule has 0 radical (unpaired) electrons. The van der Waals surface area contributed by atoms with Gasteiger partial charge in [-0.15, -0.1) is 0 Å². The molecule has 8 heteroatoms. The predicted octanol–water partition coefficient (Wildman–Crippen LogP) is 3.45. The van der Waals surface area contributed by atoms with Crippen molar-refractivity contribution in [1.29, 1.82) is 0 Å². The highest BCUT2D eigenvalue weighted by Crippen LogP contribution is 2.25. The van der Waals surface area contributed by atoms with Gasteiger partial charge in [0.15, 0.2) is 5.82 Å². The van der Waals surface area contributed by atoms with Crippen LogP contribution in [0.2, 0.25) is 5.02 Å². The Labute approximate surface area is 124 Å². The zero-order valence-corrected chi connectivity index (χ0v) is 12.7. The molecule has 0 aliphatic rings. The number of halogens is 2. The van der Waals surface area contributed by atoms with Crippen molar-refractivity contribution in [2.45, 2.75) is 25.5 Å². The molecule has 1 aromatic rings. The highest BCUT2D eigenvalue weighted by Gasteiger charge is 2.26. The van der Waals surface area contributed by atoms with E-state index in [4.69, 9.17) is 16.7 Å². The molecule has 1 rings (SSSR count). The third kappa shape index (κ3) is 4.36. The van der Waals surface area contributed by atoms with E-state index in [1.165, 1.54) is 12.1 Å². The van der Waals surface area contributed by atoms with Crippen LogP contribution in [0.3, 0.4) is 0 Å². The molecule has 0 heterocycles. The molecule has 20 heavy (non-hydrogen) atoms. The topological polar surface area (TPSA) is 84.8 Å². The number of carbonyl (C=O) groups is 1. The average molecular weight is 321 g/mol. The molecule has 0 saturated carbocycles. The van der Waals surface area contributed by atoms with Gasteiger partial charge in [-0.2, -0.15) is 0 Å². The number of nitrogens with one attached hydrogen (secondary N) is 1. The Morgan fingerprint density at radius 2 is 2.15 bits per heavy atom. The van der Waals surface area contributed by atoms with Crippen LogP contribution in [-0.2, 0) is 11.4 Å². The lowest BCUT2D eigenvalue weighted by Crippen LogP contribution is -2.25. The van der Waals surface area contributed by atoms with Crippen LogP contribution in [0.1, 0.15) is 26.3 Å². The molecule has 0 bridgehead atoms. The Balaban J connectivity index is 3.12. The lowest BCUT2D eigenvalue weighted by Gasteiger charge is -2.17. The number of amides is 1. The van der Waals surface area contributed by atoms with E-state index in [1.54, 1.807) is 20.8 Å². The molecular weight excluding hydrogens is 307 g/mol. The second-order valence-corrected chi connectivity index (χ2v) is 7.19. The number of hydrogen-bond acceptors (Lipinski definition) is 3. The summed E-state index contributed by atoms with van der Waals surface area (Å²) < 4.78 is 29.0. The summed E-state index contributed by atoms with van der Waals surface area (Å²) in [5.41, 5.74) is -0.361. The first-order valence-electron chi connectivity index (χ1n) is 5.57. The Bertz CT molecular complexity index is 546. The average Bonchev–Trinajstić information content (AvgIpc) is 2.30. The summed E-state index contributed by atoms with van der Waals surface area (Å²) in [7, 11) is 0. The zero-order valence-electron chi connectivity index (χ0n) is 11.1. The number of nitrogens with zero attached hydrogens (tertiary/aromatic N) is 1. The fourth-order valence-electron chi connectivity index (χ4n) is 1.16. The number of anilines is 1. The summed E-state index contributed by atoms with van der Waals surface area (Å²) in [6, 6.07) is 2.53. The van der Waals surface area contributed by atoms with E-state index in [-0.39, 0.29) is 16.3 Å². The molecular formula is C12H14ClFN2O3S. The first-order valence-corrected chi connectivity index (χ1v) is 7.05. The fourth-order valence-corrected chi connectivity index (χ4v) is 1.87.